The lowest BCUT2D eigenvalue weighted by atomic mass is 9.95. The first-order valence-electron chi connectivity index (χ1n) is 11.0. The number of anilines is 1. The molecule has 0 unspecified atom stereocenters. The molecular weight excluding hydrogens is 464 g/mol. The normalized spacial score (nSPS) is 13.6. The molecule has 0 fully saturated rings. The lowest BCUT2D eigenvalue weighted by molar-refractivity contribution is -0.136. The summed E-state index contributed by atoms with van der Waals surface area (Å²) in [5.41, 5.74) is 1.60. The molecule has 2 aromatic heterocycles. The summed E-state index contributed by atoms with van der Waals surface area (Å²) < 4.78 is 29.0. The van der Waals surface area contributed by atoms with Gasteiger partial charge in [-0.2, -0.15) is 0 Å². The van der Waals surface area contributed by atoms with Gasteiger partial charge in [-0.15, -0.1) is 11.3 Å². The third-order valence-electron chi connectivity index (χ3n) is 5.71. The van der Waals surface area contributed by atoms with Crippen LogP contribution in [0.2, 0.25) is 0 Å². The highest BCUT2D eigenvalue weighted by atomic mass is 32.1. The van der Waals surface area contributed by atoms with Crippen LogP contribution < -0.4 is 10.9 Å². The maximum Gasteiger partial charge on any atom is 0.309 e. The number of aromatic nitrogens is 2. The van der Waals surface area contributed by atoms with E-state index in [2.05, 4.69) is 10.3 Å². The van der Waals surface area contributed by atoms with Crippen molar-refractivity contribution in [2.75, 3.05) is 5.32 Å². The highest BCUT2D eigenvalue weighted by molar-refractivity contribution is 7.14. The molecular formula is C24H23F2N3O4S. The van der Waals surface area contributed by atoms with E-state index in [0.29, 0.717) is 24.1 Å². The van der Waals surface area contributed by atoms with Crippen LogP contribution in [-0.2, 0) is 30.6 Å². The van der Waals surface area contributed by atoms with Gasteiger partial charge in [-0.3, -0.25) is 19.7 Å². The molecule has 1 aromatic carbocycles. The SMILES string of the molecule is O=C(O)Cc1csc(NC(=O)c2cc3c(n(Cc4cc(F)cc(F)c4)c2=O)CCCCCC3)n1. The average Bonchev–Trinajstić information content (AvgIpc) is 3.16. The van der Waals surface area contributed by atoms with Crippen LogP contribution >= 0.6 is 11.3 Å². The van der Waals surface area contributed by atoms with Crippen LogP contribution in [0.15, 0.2) is 34.4 Å². The summed E-state index contributed by atoms with van der Waals surface area (Å²) in [6.07, 6.45) is 4.89. The van der Waals surface area contributed by atoms with Crippen LogP contribution in [0.1, 0.15) is 58.6 Å². The zero-order valence-electron chi connectivity index (χ0n) is 18.3. The number of benzene rings is 1. The zero-order chi connectivity index (χ0) is 24.2. The minimum absolute atomic E-state index is 0.0586. The highest BCUT2D eigenvalue weighted by Crippen LogP contribution is 2.22. The van der Waals surface area contributed by atoms with Crippen LogP contribution in [0.4, 0.5) is 13.9 Å². The molecule has 34 heavy (non-hydrogen) atoms. The van der Waals surface area contributed by atoms with E-state index in [9.17, 15) is 23.2 Å². The third kappa shape index (κ3) is 5.56. The summed E-state index contributed by atoms with van der Waals surface area (Å²) in [6, 6.07) is 4.73. The second-order valence-corrected chi connectivity index (χ2v) is 9.14. The van der Waals surface area contributed by atoms with Crippen LogP contribution in [-0.4, -0.2) is 26.5 Å². The zero-order valence-corrected chi connectivity index (χ0v) is 19.1. The Hall–Kier alpha value is -3.40. The number of pyridine rings is 1. The fourth-order valence-electron chi connectivity index (χ4n) is 4.21. The van der Waals surface area contributed by atoms with Crippen LogP contribution in [0, 0.1) is 11.6 Å². The average molecular weight is 488 g/mol. The molecule has 2 heterocycles. The van der Waals surface area contributed by atoms with E-state index in [1.165, 1.54) is 22.1 Å². The van der Waals surface area contributed by atoms with E-state index in [1.807, 2.05) is 0 Å². The molecule has 10 heteroatoms. The Morgan fingerprint density at radius 3 is 2.47 bits per heavy atom. The number of amides is 1. The van der Waals surface area contributed by atoms with E-state index in [4.69, 9.17) is 5.11 Å². The molecule has 7 nitrogen and oxygen atoms in total. The quantitative estimate of drug-likeness (QED) is 0.544. The summed E-state index contributed by atoms with van der Waals surface area (Å²) in [6.45, 7) is -0.0586. The number of nitrogens with one attached hydrogen (secondary N) is 1. The Morgan fingerprint density at radius 2 is 1.76 bits per heavy atom. The molecule has 1 aliphatic rings. The van der Waals surface area contributed by atoms with Crippen molar-refractivity contribution in [3.8, 4) is 0 Å². The van der Waals surface area contributed by atoms with Gasteiger partial charge in [-0.1, -0.05) is 12.8 Å². The molecule has 4 rings (SSSR count). The van der Waals surface area contributed by atoms with Gasteiger partial charge in [0.05, 0.1) is 18.7 Å². The summed E-state index contributed by atoms with van der Waals surface area (Å²) in [7, 11) is 0. The number of nitrogens with zero attached hydrogens (tertiary/aromatic N) is 2. The van der Waals surface area contributed by atoms with Gasteiger partial charge in [0.15, 0.2) is 5.13 Å². The number of carbonyl (C=O) groups is 2. The first-order valence-corrected chi connectivity index (χ1v) is 11.9. The molecule has 0 bridgehead atoms. The maximum absolute atomic E-state index is 13.8. The number of fused-ring (bicyclic) bond motifs is 1. The number of carboxylic acid groups (broad SMARTS) is 1. The number of halogens is 2. The Bertz CT molecular complexity index is 1280. The van der Waals surface area contributed by atoms with Gasteiger partial charge >= 0.3 is 5.97 Å². The van der Waals surface area contributed by atoms with E-state index in [-0.39, 0.29) is 23.7 Å². The Balaban J connectivity index is 1.72. The van der Waals surface area contributed by atoms with Crippen molar-refractivity contribution in [3.63, 3.8) is 0 Å². The number of hydrogen-bond acceptors (Lipinski definition) is 5. The van der Waals surface area contributed by atoms with Crippen LogP contribution in [0.25, 0.3) is 0 Å². The van der Waals surface area contributed by atoms with Crippen molar-refractivity contribution in [1.29, 1.82) is 0 Å². The Labute approximate surface area is 198 Å². The molecule has 1 amide bonds. The summed E-state index contributed by atoms with van der Waals surface area (Å²) >= 11 is 1.07. The van der Waals surface area contributed by atoms with Gasteiger partial charge in [0.1, 0.15) is 17.2 Å². The number of aliphatic carboxylic acids is 1. The first-order chi connectivity index (χ1) is 16.3. The van der Waals surface area contributed by atoms with Gasteiger partial charge in [0.25, 0.3) is 11.5 Å². The standard InChI is InChI=1S/C24H23F2N3O4S/c25-16-7-14(8-17(26)10-16)12-29-20-6-4-2-1-3-5-15(20)9-19(23(29)33)22(32)28-24-27-18(13-34-24)11-21(30)31/h7-10,13H,1-6,11-12H2,(H,30,31)(H,27,28,32). The molecule has 0 spiro atoms. The number of carbonyl (C=O) groups excluding carboxylic acids is 1. The van der Waals surface area contributed by atoms with Crippen LogP contribution in [0.3, 0.4) is 0 Å². The van der Waals surface area contributed by atoms with Crippen molar-refractivity contribution in [2.24, 2.45) is 0 Å². The molecule has 178 valence electrons. The van der Waals surface area contributed by atoms with Gasteiger partial charge < -0.3 is 9.67 Å². The molecule has 0 atom stereocenters. The number of rotatable bonds is 6. The molecule has 2 N–H and O–H groups in total. The molecule has 0 saturated heterocycles. The van der Waals surface area contributed by atoms with E-state index in [1.54, 1.807) is 6.07 Å². The minimum atomic E-state index is -1.04. The third-order valence-corrected chi connectivity index (χ3v) is 6.52. The number of thiazole rings is 1. The Kier molecular flexibility index (Phi) is 7.16. The van der Waals surface area contributed by atoms with Crippen LogP contribution in [0.5, 0.6) is 0 Å². The fourth-order valence-corrected chi connectivity index (χ4v) is 4.92. The highest BCUT2D eigenvalue weighted by Gasteiger charge is 2.21. The van der Waals surface area contributed by atoms with Crippen molar-refractivity contribution >= 4 is 28.3 Å². The lowest BCUT2D eigenvalue weighted by Gasteiger charge is -2.21. The van der Waals surface area contributed by atoms with Crippen molar-refractivity contribution in [1.82, 2.24) is 9.55 Å². The summed E-state index contributed by atoms with van der Waals surface area (Å²) in [4.78, 5) is 41.4. The van der Waals surface area contributed by atoms with Gasteiger partial charge in [0, 0.05) is 17.1 Å². The summed E-state index contributed by atoms with van der Waals surface area (Å²) in [5, 5.41) is 13.2. The molecule has 0 saturated carbocycles. The Morgan fingerprint density at radius 1 is 1.06 bits per heavy atom. The number of aryl methyl sites for hydroxylation is 1. The van der Waals surface area contributed by atoms with Gasteiger partial charge in [-0.25, -0.2) is 13.8 Å². The number of hydrogen-bond donors (Lipinski definition) is 2. The van der Waals surface area contributed by atoms with E-state index in [0.717, 1.165) is 54.3 Å². The predicted octanol–water partition coefficient (Wildman–Crippen LogP) is 4.17. The maximum atomic E-state index is 13.8. The molecule has 1 aliphatic carbocycles. The number of carboxylic acids is 1. The minimum Gasteiger partial charge on any atom is -0.481 e. The molecule has 0 aliphatic heterocycles. The fraction of sp³-hybridized carbons (Fsp3) is 0.333. The smallest absolute Gasteiger partial charge is 0.309 e. The monoisotopic (exact) mass is 487 g/mol. The van der Waals surface area contributed by atoms with E-state index >= 15 is 0 Å². The predicted molar refractivity (Wildman–Crippen MR) is 123 cm³/mol. The van der Waals surface area contributed by atoms with Crippen molar-refractivity contribution in [3.05, 3.63) is 79.7 Å². The molecule has 0 radical (unpaired) electrons. The lowest BCUT2D eigenvalue weighted by Crippen LogP contribution is -2.33. The van der Waals surface area contributed by atoms with Gasteiger partial charge in [-0.05, 0) is 55.0 Å². The topological polar surface area (TPSA) is 101 Å². The second-order valence-electron chi connectivity index (χ2n) is 8.28. The first kappa shape index (κ1) is 23.7. The van der Waals surface area contributed by atoms with Crippen molar-refractivity contribution in [2.45, 2.75) is 51.5 Å². The largest absolute Gasteiger partial charge is 0.481 e. The molecule has 3 aromatic rings. The van der Waals surface area contributed by atoms with E-state index < -0.39 is 29.1 Å². The van der Waals surface area contributed by atoms with Crippen molar-refractivity contribution < 1.29 is 23.5 Å². The van der Waals surface area contributed by atoms with Gasteiger partial charge in [0.2, 0.25) is 0 Å². The second kappa shape index (κ2) is 10.3. The summed E-state index contributed by atoms with van der Waals surface area (Å²) in [5.74, 6) is -3.17.